The first-order chi connectivity index (χ1) is 4.20. The number of aryl methyl sites for hydroxylation is 1. The number of aliphatic hydroxyl groups is 1. The number of rotatable bonds is 1. The van der Waals surface area contributed by atoms with Crippen LogP contribution in [0.15, 0.2) is 11.7 Å². The molecule has 1 atom stereocenters. The second kappa shape index (κ2) is 2.45. The molecule has 9 heavy (non-hydrogen) atoms. The Morgan fingerprint density at radius 1 is 1.78 bits per heavy atom. The Morgan fingerprint density at radius 2 is 2.44 bits per heavy atom. The molecule has 0 amide bonds. The zero-order chi connectivity index (χ0) is 6.85. The van der Waals surface area contributed by atoms with Gasteiger partial charge in [-0.25, -0.2) is 0 Å². The van der Waals surface area contributed by atoms with E-state index < -0.39 is 6.23 Å². The van der Waals surface area contributed by atoms with Gasteiger partial charge in [0.2, 0.25) is 5.51 Å². The van der Waals surface area contributed by atoms with Gasteiger partial charge in [0, 0.05) is 6.92 Å². The molecule has 0 radical (unpaired) electrons. The van der Waals surface area contributed by atoms with Gasteiger partial charge >= 0.3 is 0 Å². The Morgan fingerprint density at radius 3 is 2.67 bits per heavy atom. The van der Waals surface area contributed by atoms with E-state index >= 15 is 0 Å². The minimum Gasteiger partial charge on any atom is -0.337 e. The number of hydrogen-bond acceptors (Lipinski definition) is 2. The van der Waals surface area contributed by atoms with E-state index in [2.05, 4.69) is 0 Å². The summed E-state index contributed by atoms with van der Waals surface area (Å²) in [6.45, 7) is 3.76. The molecule has 0 fully saturated rings. The van der Waals surface area contributed by atoms with Crippen LogP contribution in [0.5, 0.6) is 0 Å². The number of thiazole rings is 1. The lowest BCUT2D eigenvalue weighted by molar-refractivity contribution is -0.751. The monoisotopic (exact) mass is 144 g/mol. The van der Waals surface area contributed by atoms with Crippen molar-refractivity contribution in [3.63, 3.8) is 0 Å². The van der Waals surface area contributed by atoms with Crippen LogP contribution in [0.25, 0.3) is 0 Å². The molecule has 0 saturated carbocycles. The van der Waals surface area contributed by atoms with Crippen molar-refractivity contribution in [2.75, 3.05) is 0 Å². The van der Waals surface area contributed by atoms with E-state index in [9.17, 15) is 0 Å². The van der Waals surface area contributed by atoms with Crippen LogP contribution in [0.4, 0.5) is 0 Å². The van der Waals surface area contributed by atoms with Crippen LogP contribution in [0.1, 0.15) is 18.0 Å². The van der Waals surface area contributed by atoms with Crippen LogP contribution in [-0.4, -0.2) is 5.11 Å². The molecule has 1 heterocycles. The molecule has 0 aliphatic rings. The van der Waals surface area contributed by atoms with Crippen molar-refractivity contribution in [3.05, 3.63) is 16.6 Å². The van der Waals surface area contributed by atoms with Crippen molar-refractivity contribution < 1.29 is 9.67 Å². The van der Waals surface area contributed by atoms with Crippen LogP contribution in [0.2, 0.25) is 0 Å². The summed E-state index contributed by atoms with van der Waals surface area (Å²) in [6, 6.07) is 0. The highest BCUT2D eigenvalue weighted by Gasteiger charge is 2.07. The average Bonchev–Trinajstić information content (AvgIpc) is 2.14. The van der Waals surface area contributed by atoms with Gasteiger partial charge in [-0.3, -0.25) is 0 Å². The van der Waals surface area contributed by atoms with Crippen LogP contribution in [0.3, 0.4) is 0 Å². The number of aromatic nitrogens is 1. The van der Waals surface area contributed by atoms with Crippen LogP contribution >= 0.6 is 11.3 Å². The summed E-state index contributed by atoms with van der Waals surface area (Å²) in [5.74, 6) is 0. The Bertz CT molecular complexity index is 195. The molecule has 1 unspecified atom stereocenters. The van der Waals surface area contributed by atoms with Gasteiger partial charge in [-0.2, -0.15) is 4.57 Å². The molecule has 50 valence electrons. The van der Waals surface area contributed by atoms with E-state index in [1.54, 1.807) is 22.8 Å². The summed E-state index contributed by atoms with van der Waals surface area (Å²) in [7, 11) is 0. The quantitative estimate of drug-likeness (QED) is 0.581. The average molecular weight is 144 g/mol. The lowest BCUT2D eigenvalue weighted by Gasteiger charge is -1.90. The molecule has 0 bridgehead atoms. The second-order valence-electron chi connectivity index (χ2n) is 2.04. The SMILES string of the molecule is Cc1c[n+](C(C)O)cs1. The normalized spacial score (nSPS) is 13.7. The van der Waals surface area contributed by atoms with Gasteiger partial charge in [-0.05, 0) is 6.92 Å². The van der Waals surface area contributed by atoms with Crippen molar-refractivity contribution in [1.29, 1.82) is 0 Å². The lowest BCUT2D eigenvalue weighted by Crippen LogP contribution is -2.34. The van der Waals surface area contributed by atoms with E-state index in [4.69, 9.17) is 5.11 Å². The molecule has 3 heteroatoms. The fourth-order valence-corrected chi connectivity index (χ4v) is 1.32. The van der Waals surface area contributed by atoms with Crippen LogP contribution in [-0.2, 0) is 0 Å². The summed E-state index contributed by atoms with van der Waals surface area (Å²) in [5.41, 5.74) is 1.90. The van der Waals surface area contributed by atoms with Crippen molar-refractivity contribution in [1.82, 2.24) is 0 Å². The van der Waals surface area contributed by atoms with Crippen LogP contribution in [0, 0.1) is 6.92 Å². The summed E-state index contributed by atoms with van der Waals surface area (Å²) in [4.78, 5) is 1.22. The third-order valence-corrected chi connectivity index (χ3v) is 1.95. The lowest BCUT2D eigenvalue weighted by atomic mass is 10.6. The third-order valence-electron chi connectivity index (χ3n) is 1.12. The Hall–Kier alpha value is -0.410. The Labute approximate surface area is 58.4 Å². The molecule has 2 nitrogen and oxygen atoms in total. The van der Waals surface area contributed by atoms with Gasteiger partial charge in [-0.15, -0.1) is 0 Å². The number of aliphatic hydroxyl groups excluding tert-OH is 1. The fourth-order valence-electron chi connectivity index (χ4n) is 0.611. The Kier molecular flexibility index (Phi) is 1.83. The number of nitrogens with zero attached hydrogens (tertiary/aromatic N) is 1. The maximum absolute atomic E-state index is 9.01. The standard InChI is InChI=1S/C6H10NOS/c1-5-3-7(4-9-5)6(2)8/h3-4,6,8H,1-2H3/q+1. The van der Waals surface area contributed by atoms with Crippen molar-refractivity contribution >= 4 is 11.3 Å². The van der Waals surface area contributed by atoms with Gasteiger partial charge < -0.3 is 5.11 Å². The fraction of sp³-hybridized carbons (Fsp3) is 0.500. The van der Waals surface area contributed by atoms with Crippen molar-refractivity contribution in [2.24, 2.45) is 0 Å². The molecule has 0 aliphatic heterocycles. The summed E-state index contributed by atoms with van der Waals surface area (Å²) in [6.07, 6.45) is 1.53. The highest BCUT2D eigenvalue weighted by atomic mass is 32.1. The molecular formula is C6H10NOS+. The van der Waals surface area contributed by atoms with E-state index in [0.717, 1.165) is 0 Å². The topological polar surface area (TPSA) is 24.1 Å². The van der Waals surface area contributed by atoms with Gasteiger partial charge in [-0.1, -0.05) is 11.3 Å². The highest BCUT2D eigenvalue weighted by molar-refractivity contribution is 7.09. The molecule has 0 aromatic carbocycles. The first-order valence-corrected chi connectivity index (χ1v) is 3.72. The zero-order valence-electron chi connectivity index (χ0n) is 5.53. The van der Waals surface area contributed by atoms with E-state index in [0.29, 0.717) is 0 Å². The molecule has 1 rings (SSSR count). The van der Waals surface area contributed by atoms with E-state index in [-0.39, 0.29) is 0 Å². The zero-order valence-corrected chi connectivity index (χ0v) is 6.35. The molecule has 0 aliphatic carbocycles. The van der Waals surface area contributed by atoms with Gasteiger partial charge in [0.25, 0.3) is 6.23 Å². The Balaban J connectivity index is 2.85. The highest BCUT2D eigenvalue weighted by Crippen LogP contribution is 2.02. The molecule has 0 saturated heterocycles. The second-order valence-corrected chi connectivity index (χ2v) is 3.13. The van der Waals surface area contributed by atoms with E-state index in [1.165, 1.54) is 4.88 Å². The van der Waals surface area contributed by atoms with Crippen LogP contribution < -0.4 is 4.57 Å². The number of hydrogen-bond donors (Lipinski definition) is 1. The molecule has 1 aromatic rings. The molecule has 1 N–H and O–H groups in total. The summed E-state index contributed by atoms with van der Waals surface area (Å²) >= 11 is 1.64. The minimum atomic E-state index is -0.394. The van der Waals surface area contributed by atoms with Gasteiger partial charge in [0.05, 0.1) is 4.88 Å². The minimum absolute atomic E-state index is 0.394. The maximum atomic E-state index is 9.01. The van der Waals surface area contributed by atoms with Gasteiger partial charge in [0.15, 0.2) is 6.20 Å². The first-order valence-electron chi connectivity index (χ1n) is 2.84. The van der Waals surface area contributed by atoms with Gasteiger partial charge in [0.1, 0.15) is 0 Å². The third kappa shape index (κ3) is 1.50. The van der Waals surface area contributed by atoms with Crippen molar-refractivity contribution in [2.45, 2.75) is 20.1 Å². The summed E-state index contributed by atoms with van der Waals surface area (Å²) in [5, 5.41) is 9.01. The first kappa shape index (κ1) is 6.71. The van der Waals surface area contributed by atoms with Crippen molar-refractivity contribution in [3.8, 4) is 0 Å². The molecule has 0 spiro atoms. The smallest absolute Gasteiger partial charge is 0.257 e. The molecule has 1 aromatic heterocycles. The predicted octanol–water partition coefficient (Wildman–Crippen LogP) is 0.855. The largest absolute Gasteiger partial charge is 0.337 e. The predicted molar refractivity (Wildman–Crippen MR) is 36.2 cm³/mol. The summed E-state index contributed by atoms with van der Waals surface area (Å²) < 4.78 is 1.78. The maximum Gasteiger partial charge on any atom is 0.257 e. The molecular weight excluding hydrogens is 134 g/mol. The van der Waals surface area contributed by atoms with E-state index in [1.807, 2.05) is 18.6 Å².